The molecule has 1 aliphatic carbocycles. The van der Waals surface area contributed by atoms with Gasteiger partial charge >= 0.3 is 5.97 Å². The molecule has 2 aliphatic rings. The number of likely N-dealkylation sites (tertiary alicyclic amines) is 1. The van der Waals surface area contributed by atoms with E-state index in [-0.39, 0.29) is 24.8 Å². The predicted molar refractivity (Wildman–Crippen MR) is 187 cm³/mol. The van der Waals surface area contributed by atoms with E-state index < -0.39 is 12.0 Å². The number of carboxylic acid groups (broad SMARTS) is 1. The molecule has 0 spiro atoms. The number of piperidine rings is 1. The van der Waals surface area contributed by atoms with Crippen molar-refractivity contribution in [1.29, 1.82) is 0 Å². The zero-order valence-electron chi connectivity index (χ0n) is 28.3. The van der Waals surface area contributed by atoms with Crippen molar-refractivity contribution in [1.82, 2.24) is 40.5 Å². The molecule has 5 rings (SSSR count). The number of fused-ring (bicyclic) bond motifs is 1. The number of anilines is 2. The van der Waals surface area contributed by atoms with Crippen LogP contribution in [0.1, 0.15) is 76.3 Å². The Morgan fingerprint density at radius 1 is 1.04 bits per heavy atom. The highest BCUT2D eigenvalue weighted by Crippen LogP contribution is 2.29. The smallest absolute Gasteiger partial charge is 0.320 e. The second kappa shape index (κ2) is 18.0. The number of aromatic nitrogens is 5. The van der Waals surface area contributed by atoms with Crippen molar-refractivity contribution in [2.24, 2.45) is 5.73 Å². The van der Waals surface area contributed by atoms with Gasteiger partial charge in [-0.15, -0.1) is 5.10 Å². The number of rotatable bonds is 18. The Morgan fingerprint density at radius 3 is 2.60 bits per heavy atom. The van der Waals surface area contributed by atoms with Gasteiger partial charge in [-0.3, -0.25) is 14.3 Å². The lowest BCUT2D eigenvalue weighted by Crippen LogP contribution is -2.46. The van der Waals surface area contributed by atoms with Gasteiger partial charge in [0.2, 0.25) is 11.9 Å². The van der Waals surface area contributed by atoms with Crippen LogP contribution in [0.3, 0.4) is 0 Å². The first-order chi connectivity index (χ1) is 23.4. The predicted octanol–water partition coefficient (Wildman–Crippen LogP) is 2.74. The second-order valence-corrected chi connectivity index (χ2v) is 13.2. The largest absolute Gasteiger partial charge is 0.480 e. The third-order valence-corrected chi connectivity index (χ3v) is 9.59. The first-order valence-electron chi connectivity index (χ1n) is 17.7. The fourth-order valence-corrected chi connectivity index (χ4v) is 6.66. The Bertz CT molecular complexity index is 1450. The van der Waals surface area contributed by atoms with Gasteiger partial charge in [0.05, 0.1) is 18.3 Å². The number of nitrogens with two attached hydrogens (primary N) is 1. The summed E-state index contributed by atoms with van der Waals surface area (Å²) in [7, 11) is 2.04. The maximum absolute atomic E-state index is 12.7. The lowest BCUT2D eigenvalue weighted by Gasteiger charge is -2.37. The molecule has 2 fully saturated rings. The number of aryl methyl sites for hydroxylation is 1. The van der Waals surface area contributed by atoms with Crippen molar-refractivity contribution in [2.45, 2.75) is 102 Å². The van der Waals surface area contributed by atoms with E-state index in [4.69, 9.17) is 20.8 Å². The topological polar surface area (TPSA) is 179 Å². The van der Waals surface area contributed by atoms with Crippen molar-refractivity contribution < 1.29 is 14.7 Å². The van der Waals surface area contributed by atoms with E-state index in [0.717, 1.165) is 80.3 Å². The zero-order chi connectivity index (χ0) is 33.7. The van der Waals surface area contributed by atoms with Crippen LogP contribution in [0, 0.1) is 0 Å². The van der Waals surface area contributed by atoms with E-state index in [1.807, 2.05) is 47.1 Å². The highest BCUT2D eigenvalue weighted by atomic mass is 16.4. The summed E-state index contributed by atoms with van der Waals surface area (Å²) in [5.74, 6) is 0.228. The maximum Gasteiger partial charge on any atom is 0.320 e. The molecule has 2 aromatic heterocycles. The van der Waals surface area contributed by atoms with Crippen LogP contribution in [-0.2, 0) is 22.7 Å². The summed E-state index contributed by atoms with van der Waals surface area (Å²) >= 11 is 0. The Morgan fingerprint density at radius 2 is 1.81 bits per heavy atom. The third-order valence-electron chi connectivity index (χ3n) is 9.59. The molecule has 48 heavy (non-hydrogen) atoms. The zero-order valence-corrected chi connectivity index (χ0v) is 28.3. The number of nitrogens with one attached hydrogen (secondary N) is 3. The molecule has 14 nitrogen and oxygen atoms in total. The first kappa shape index (κ1) is 35.4. The minimum absolute atomic E-state index is 0.0478. The number of carboxylic acids is 1. The van der Waals surface area contributed by atoms with E-state index in [0.29, 0.717) is 25.6 Å². The van der Waals surface area contributed by atoms with Gasteiger partial charge in [0.1, 0.15) is 17.6 Å². The molecule has 1 atom stereocenters. The van der Waals surface area contributed by atoms with Crippen molar-refractivity contribution in [3.8, 4) is 0 Å². The highest BCUT2D eigenvalue weighted by Gasteiger charge is 2.27. The summed E-state index contributed by atoms with van der Waals surface area (Å²) in [6.45, 7) is 5.55. The SMILES string of the molecule is CN(c1nc(NCc2cn(CCCNCCCNC3CCCCC3)nn2)nc2ccccc12)C1CCN(C(=O)CC[C@H](N)C(=O)O)CC1. The molecule has 3 heterocycles. The fraction of sp³-hybridized carbons (Fsp3) is 0.647. The summed E-state index contributed by atoms with van der Waals surface area (Å²) < 4.78 is 1.89. The molecule has 3 aromatic rings. The van der Waals surface area contributed by atoms with Crippen LogP contribution in [0.5, 0.6) is 0 Å². The van der Waals surface area contributed by atoms with Crippen molar-refractivity contribution in [3.63, 3.8) is 0 Å². The number of amides is 1. The maximum atomic E-state index is 12.7. The van der Waals surface area contributed by atoms with Crippen LogP contribution >= 0.6 is 0 Å². The minimum atomic E-state index is -1.08. The molecule has 6 N–H and O–H groups in total. The van der Waals surface area contributed by atoms with Crippen LogP contribution in [-0.4, -0.2) is 105 Å². The number of carbonyl (C=O) groups excluding carboxylic acids is 1. The molecule has 1 aliphatic heterocycles. The first-order valence-corrected chi connectivity index (χ1v) is 17.7. The van der Waals surface area contributed by atoms with Crippen molar-refractivity contribution in [2.75, 3.05) is 50.0 Å². The Kier molecular flexibility index (Phi) is 13.3. The minimum Gasteiger partial charge on any atom is -0.480 e. The molecule has 1 aromatic carbocycles. The number of hydrogen-bond acceptors (Lipinski definition) is 11. The normalized spacial score (nSPS) is 16.7. The lowest BCUT2D eigenvalue weighted by molar-refractivity contribution is -0.139. The third kappa shape index (κ3) is 10.3. The monoisotopic (exact) mass is 663 g/mol. The fourth-order valence-electron chi connectivity index (χ4n) is 6.66. The van der Waals surface area contributed by atoms with E-state index in [2.05, 4.69) is 31.2 Å². The number of carbonyl (C=O) groups is 2. The Labute approximate surface area is 283 Å². The van der Waals surface area contributed by atoms with Gasteiger partial charge < -0.3 is 36.6 Å². The molecule has 14 heteroatoms. The number of nitrogens with zero attached hydrogens (tertiary/aromatic N) is 7. The van der Waals surface area contributed by atoms with Crippen LogP contribution < -0.4 is 26.6 Å². The van der Waals surface area contributed by atoms with Gasteiger partial charge in [0.25, 0.3) is 0 Å². The standard InChI is InChI=1S/C34H53N11O3/c1-43(27-15-21-44(22-16-27)31(46)14-13-29(35)33(47)48)32-28-11-5-6-12-30(28)39-34(40-32)38-23-26-24-45(42-41-26)20-8-18-36-17-7-19-37-25-9-3-2-4-10-25/h5-6,11-12,24-25,27,29,36-37H,2-4,7-10,13-23,35H2,1H3,(H,47,48)(H,38,39,40)/t29-/m0/s1. The molecular formula is C34H53N11O3. The Balaban J connectivity index is 1.06. The van der Waals surface area contributed by atoms with E-state index >= 15 is 0 Å². The second-order valence-electron chi connectivity index (χ2n) is 13.2. The van der Waals surface area contributed by atoms with E-state index in [1.165, 1.54) is 32.1 Å². The quantitative estimate of drug-likeness (QED) is 0.126. The summed E-state index contributed by atoms with van der Waals surface area (Å²) in [6.07, 6.45) is 12.8. The Hall–Kier alpha value is -3.88. The van der Waals surface area contributed by atoms with E-state index in [1.54, 1.807) is 0 Å². The number of benzene rings is 1. The van der Waals surface area contributed by atoms with Crippen LogP contribution in [0.15, 0.2) is 30.5 Å². The van der Waals surface area contributed by atoms with E-state index in [9.17, 15) is 9.59 Å². The molecule has 1 saturated heterocycles. The lowest BCUT2D eigenvalue weighted by atomic mass is 9.95. The van der Waals surface area contributed by atoms with Gasteiger partial charge in [0.15, 0.2) is 0 Å². The van der Waals surface area contributed by atoms with Gasteiger partial charge in [0, 0.05) is 50.6 Å². The van der Waals surface area contributed by atoms with Crippen LogP contribution in [0.25, 0.3) is 10.9 Å². The number of para-hydroxylation sites is 1. The van der Waals surface area contributed by atoms with Gasteiger partial charge in [-0.1, -0.05) is 36.6 Å². The molecule has 1 amide bonds. The van der Waals surface area contributed by atoms with Crippen molar-refractivity contribution in [3.05, 3.63) is 36.2 Å². The van der Waals surface area contributed by atoms with Crippen LogP contribution in [0.2, 0.25) is 0 Å². The summed E-state index contributed by atoms with van der Waals surface area (Å²) in [4.78, 5) is 37.3. The van der Waals surface area contributed by atoms with Gasteiger partial charge in [-0.2, -0.15) is 4.98 Å². The average Bonchev–Trinajstić information content (AvgIpc) is 3.58. The summed E-state index contributed by atoms with van der Waals surface area (Å²) in [5.41, 5.74) is 7.25. The molecule has 1 saturated carbocycles. The van der Waals surface area contributed by atoms with Crippen LogP contribution in [0.4, 0.5) is 11.8 Å². The number of hydrogen-bond donors (Lipinski definition) is 5. The molecular weight excluding hydrogens is 610 g/mol. The summed E-state index contributed by atoms with van der Waals surface area (Å²) in [5, 5.41) is 29.2. The molecule has 0 radical (unpaired) electrons. The summed E-state index contributed by atoms with van der Waals surface area (Å²) in [6, 6.07) is 7.88. The molecule has 0 bridgehead atoms. The highest BCUT2D eigenvalue weighted by molar-refractivity contribution is 5.90. The number of aliphatic carboxylic acids is 1. The van der Waals surface area contributed by atoms with Crippen molar-refractivity contribution >= 4 is 34.5 Å². The average molecular weight is 664 g/mol. The molecule has 0 unspecified atom stereocenters. The van der Waals surface area contributed by atoms with Gasteiger partial charge in [-0.05, 0) is 76.7 Å². The van der Waals surface area contributed by atoms with Gasteiger partial charge in [-0.25, -0.2) is 4.98 Å². The molecule has 262 valence electrons.